The zero-order valence-corrected chi connectivity index (χ0v) is 26.5. The van der Waals surface area contributed by atoms with Crippen LogP contribution in [-0.4, -0.2) is 90.4 Å². The van der Waals surface area contributed by atoms with Crippen LogP contribution in [0.2, 0.25) is 0 Å². The van der Waals surface area contributed by atoms with Gasteiger partial charge >= 0.3 is 11.9 Å². The highest BCUT2D eigenvalue weighted by molar-refractivity contribution is 9.11. The molecule has 9 unspecified atom stereocenters. The molecule has 0 heterocycles. The summed E-state index contributed by atoms with van der Waals surface area (Å²) >= 11 is 3.39. The first kappa shape index (κ1) is 38.6. The number of aliphatic hydroxyl groups is 6. The number of hydrogen-bond donors (Lipinski definition) is 7. The minimum absolute atomic E-state index is 0.00717. The van der Waals surface area contributed by atoms with E-state index in [-0.39, 0.29) is 25.7 Å². The number of carboxylic acid groups (broad SMARTS) is 1. The maximum absolute atomic E-state index is 12.0. The van der Waals surface area contributed by atoms with Crippen molar-refractivity contribution < 1.29 is 50.1 Å². The van der Waals surface area contributed by atoms with E-state index in [1.165, 1.54) is 12.2 Å². The molecule has 0 aromatic rings. The molecule has 0 amide bonds. The molecule has 11 heteroatoms. The molecule has 10 nitrogen and oxygen atoms in total. The van der Waals surface area contributed by atoms with Crippen LogP contribution in [0.25, 0.3) is 0 Å². The molecule has 1 rings (SSSR count). The number of hydrogen-bond acceptors (Lipinski definition) is 9. The van der Waals surface area contributed by atoms with E-state index < -0.39 is 66.5 Å². The first-order valence-electron chi connectivity index (χ1n) is 14.5. The van der Waals surface area contributed by atoms with Gasteiger partial charge in [-0.15, -0.1) is 0 Å². The molecule has 0 radical (unpaired) electrons. The molecule has 7 N–H and O–H groups in total. The predicted molar refractivity (Wildman–Crippen MR) is 167 cm³/mol. The molecule has 0 aromatic heterocycles. The summed E-state index contributed by atoms with van der Waals surface area (Å²) in [5.41, 5.74) is 0.853. The molecule has 1 saturated carbocycles. The lowest BCUT2D eigenvalue weighted by Gasteiger charge is -2.30. The SMILES string of the molecule is CC/C=C/C(O)CC(O)CC(O)C(O)C(O)C(C)/C(Br)=C/C=C/C=C(C)/C=C/C=C/C(=O)OC1CC(C(=O)O)CCC1O. The van der Waals surface area contributed by atoms with E-state index >= 15 is 0 Å². The zero-order valence-electron chi connectivity index (χ0n) is 24.9. The van der Waals surface area contributed by atoms with Gasteiger partial charge in [-0.2, -0.15) is 0 Å². The standard InChI is InChI=1S/C32H47BrO10/c1-4-5-12-23(34)18-24(35)19-27(37)31(40)30(39)21(3)25(33)13-8-6-10-20(2)11-7-9-14-29(38)43-28-17-22(32(41)42)15-16-26(28)36/h5-14,21-24,26-28,30-31,34-37,39-40H,4,15-19H2,1-3H3,(H,41,42)/b8-6+,11-7+,12-5+,14-9+,20-10+,25-13-. The number of ether oxygens (including phenoxy) is 1. The first-order chi connectivity index (χ1) is 20.3. The van der Waals surface area contributed by atoms with Crippen LogP contribution in [0, 0.1) is 11.8 Å². The Balaban J connectivity index is 2.56. The van der Waals surface area contributed by atoms with Crippen LogP contribution in [0.5, 0.6) is 0 Å². The van der Waals surface area contributed by atoms with Crippen molar-refractivity contribution in [3.05, 3.63) is 70.8 Å². The van der Waals surface area contributed by atoms with Gasteiger partial charge in [-0.1, -0.05) is 90.0 Å². The van der Waals surface area contributed by atoms with E-state index in [4.69, 9.17) is 9.84 Å². The predicted octanol–water partition coefficient (Wildman–Crippen LogP) is 3.22. The topological polar surface area (TPSA) is 185 Å². The van der Waals surface area contributed by atoms with Crippen molar-refractivity contribution in [2.24, 2.45) is 11.8 Å². The number of allylic oxidation sites excluding steroid dienone is 9. The largest absolute Gasteiger partial charge is 0.481 e. The van der Waals surface area contributed by atoms with Gasteiger partial charge in [0.15, 0.2) is 0 Å². The summed E-state index contributed by atoms with van der Waals surface area (Å²) in [6.45, 7) is 5.43. The molecule has 1 aliphatic carbocycles. The summed E-state index contributed by atoms with van der Waals surface area (Å²) in [7, 11) is 0. The maximum atomic E-state index is 12.0. The van der Waals surface area contributed by atoms with Gasteiger partial charge in [-0.05, 0) is 26.2 Å². The Kier molecular flexibility index (Phi) is 18.5. The van der Waals surface area contributed by atoms with Gasteiger partial charge < -0.3 is 40.5 Å². The number of rotatable bonds is 17. The van der Waals surface area contributed by atoms with Gasteiger partial charge in [0.1, 0.15) is 12.2 Å². The average Bonchev–Trinajstić information content (AvgIpc) is 2.95. The highest BCUT2D eigenvalue weighted by atomic mass is 79.9. The molecule has 0 aromatic carbocycles. The molecule has 0 aliphatic heterocycles. The molecule has 43 heavy (non-hydrogen) atoms. The van der Waals surface area contributed by atoms with E-state index in [2.05, 4.69) is 15.9 Å². The van der Waals surface area contributed by atoms with Crippen LogP contribution in [0.1, 0.15) is 59.3 Å². The number of carbonyl (C=O) groups excluding carboxylic acids is 1. The molecule has 0 bridgehead atoms. The van der Waals surface area contributed by atoms with Gasteiger partial charge in [-0.3, -0.25) is 4.79 Å². The smallest absolute Gasteiger partial charge is 0.331 e. The van der Waals surface area contributed by atoms with Gasteiger partial charge in [0, 0.05) is 35.7 Å². The Morgan fingerprint density at radius 3 is 2.26 bits per heavy atom. The highest BCUT2D eigenvalue weighted by Gasteiger charge is 2.35. The minimum Gasteiger partial charge on any atom is -0.481 e. The van der Waals surface area contributed by atoms with Gasteiger partial charge in [0.2, 0.25) is 0 Å². The molecular weight excluding hydrogens is 624 g/mol. The third-order valence-corrected chi connectivity index (χ3v) is 8.10. The van der Waals surface area contributed by atoms with E-state index in [1.54, 1.807) is 55.5 Å². The highest BCUT2D eigenvalue weighted by Crippen LogP contribution is 2.27. The summed E-state index contributed by atoms with van der Waals surface area (Å²) in [5, 5.41) is 70.3. The van der Waals surface area contributed by atoms with Crippen LogP contribution >= 0.6 is 15.9 Å². The number of halogens is 1. The Morgan fingerprint density at radius 2 is 1.60 bits per heavy atom. The quantitative estimate of drug-likeness (QED) is 0.0524. The number of esters is 1. The summed E-state index contributed by atoms with van der Waals surface area (Å²) in [6, 6.07) is 0. The summed E-state index contributed by atoms with van der Waals surface area (Å²) in [5.74, 6) is -2.84. The molecule has 1 aliphatic rings. The van der Waals surface area contributed by atoms with E-state index in [0.717, 1.165) is 12.0 Å². The fourth-order valence-electron chi connectivity index (χ4n) is 4.41. The van der Waals surface area contributed by atoms with Crippen molar-refractivity contribution in [2.75, 3.05) is 0 Å². The Bertz CT molecular complexity index is 1050. The second-order valence-corrected chi connectivity index (χ2v) is 11.7. The third-order valence-electron chi connectivity index (χ3n) is 7.11. The number of carboxylic acids is 1. The average molecular weight is 672 g/mol. The van der Waals surface area contributed by atoms with Crippen molar-refractivity contribution in [3.63, 3.8) is 0 Å². The number of aliphatic hydroxyl groups excluding tert-OH is 6. The Morgan fingerprint density at radius 1 is 0.953 bits per heavy atom. The molecule has 242 valence electrons. The van der Waals surface area contributed by atoms with Crippen LogP contribution in [0.15, 0.2) is 70.8 Å². The third kappa shape index (κ3) is 15.3. The van der Waals surface area contributed by atoms with E-state index in [0.29, 0.717) is 10.9 Å². The summed E-state index contributed by atoms with van der Waals surface area (Å²) < 4.78 is 5.79. The van der Waals surface area contributed by atoms with Crippen molar-refractivity contribution in [2.45, 2.75) is 102 Å². The van der Waals surface area contributed by atoms with Crippen LogP contribution < -0.4 is 0 Å². The Hall–Kier alpha value is -2.38. The number of aliphatic carboxylic acids is 1. The molecule has 1 fully saturated rings. The fourth-order valence-corrected chi connectivity index (χ4v) is 4.83. The van der Waals surface area contributed by atoms with Crippen molar-refractivity contribution in [1.29, 1.82) is 0 Å². The zero-order chi connectivity index (χ0) is 32.5. The van der Waals surface area contributed by atoms with Gasteiger partial charge in [0.05, 0.1) is 36.4 Å². The summed E-state index contributed by atoms with van der Waals surface area (Å²) in [6.07, 6.45) is 9.75. The van der Waals surface area contributed by atoms with E-state index in [1.807, 2.05) is 13.8 Å². The lowest BCUT2D eigenvalue weighted by atomic mass is 9.85. The van der Waals surface area contributed by atoms with Crippen molar-refractivity contribution in [1.82, 2.24) is 0 Å². The second kappa shape index (κ2) is 20.6. The second-order valence-electron chi connectivity index (χ2n) is 10.8. The lowest BCUT2D eigenvalue weighted by Crippen LogP contribution is -2.42. The molecule has 0 spiro atoms. The fraction of sp³-hybridized carbons (Fsp3) is 0.562. The molecule has 0 saturated heterocycles. The normalized spacial score (nSPS) is 24.8. The molecule has 9 atom stereocenters. The summed E-state index contributed by atoms with van der Waals surface area (Å²) in [4.78, 5) is 23.2. The first-order valence-corrected chi connectivity index (χ1v) is 15.3. The van der Waals surface area contributed by atoms with Crippen LogP contribution in [0.4, 0.5) is 0 Å². The van der Waals surface area contributed by atoms with Crippen LogP contribution in [-0.2, 0) is 14.3 Å². The lowest BCUT2D eigenvalue weighted by molar-refractivity contribution is -0.159. The Labute approximate surface area is 262 Å². The van der Waals surface area contributed by atoms with Gasteiger partial charge in [-0.25, -0.2) is 4.79 Å². The maximum Gasteiger partial charge on any atom is 0.331 e. The minimum atomic E-state index is -1.51. The monoisotopic (exact) mass is 670 g/mol. The number of carbonyl (C=O) groups is 2. The van der Waals surface area contributed by atoms with Crippen LogP contribution in [0.3, 0.4) is 0 Å². The van der Waals surface area contributed by atoms with Gasteiger partial charge in [0.25, 0.3) is 0 Å². The molecular formula is C32H47BrO10. The van der Waals surface area contributed by atoms with E-state index in [9.17, 15) is 40.2 Å². The van der Waals surface area contributed by atoms with Crippen molar-refractivity contribution >= 4 is 27.9 Å². The van der Waals surface area contributed by atoms with Crippen molar-refractivity contribution in [3.8, 4) is 0 Å².